The minimum absolute atomic E-state index is 0.00540. The Bertz CT molecular complexity index is 817. The lowest BCUT2D eigenvalue weighted by molar-refractivity contribution is -0.126. The molecular weight excluding hydrogens is 416 g/mol. The number of para-hydroxylation sites is 1. The Morgan fingerprint density at radius 2 is 1.88 bits per heavy atom. The summed E-state index contributed by atoms with van der Waals surface area (Å²) in [7, 11) is 1.62. The van der Waals surface area contributed by atoms with Crippen LogP contribution in [-0.4, -0.2) is 44.1 Å². The van der Waals surface area contributed by atoms with Gasteiger partial charge in [0.25, 0.3) is 0 Å². The molecule has 4 nitrogen and oxygen atoms in total. The van der Waals surface area contributed by atoms with Crippen molar-refractivity contribution in [3.63, 3.8) is 0 Å². The van der Waals surface area contributed by atoms with E-state index in [0.717, 1.165) is 39.6 Å². The molecule has 6 heteroatoms. The molecule has 0 bridgehead atoms. The molecule has 2 aromatic carbocycles. The van der Waals surface area contributed by atoms with Gasteiger partial charge in [-0.15, -0.1) is 0 Å². The zero-order chi connectivity index (χ0) is 18.5. The van der Waals surface area contributed by atoms with Gasteiger partial charge in [0.05, 0.1) is 17.8 Å². The highest BCUT2D eigenvalue weighted by molar-refractivity contribution is 9.10. The van der Waals surface area contributed by atoms with E-state index in [2.05, 4.69) is 20.8 Å². The quantitative estimate of drug-likeness (QED) is 0.664. The first-order valence-electron chi connectivity index (χ1n) is 8.38. The third-order valence-electron chi connectivity index (χ3n) is 4.38. The maximum Gasteiger partial charge on any atom is 0.246 e. The third-order valence-corrected chi connectivity index (χ3v) is 5.19. The molecule has 0 radical (unpaired) electrons. The summed E-state index contributed by atoms with van der Waals surface area (Å²) >= 11 is 9.71. The van der Waals surface area contributed by atoms with Gasteiger partial charge in [0.2, 0.25) is 5.91 Å². The number of hydrogen-bond acceptors (Lipinski definition) is 3. The molecule has 1 aliphatic rings. The molecule has 2 aromatic rings. The number of amides is 1. The first kappa shape index (κ1) is 18.8. The fourth-order valence-electron chi connectivity index (χ4n) is 2.98. The fourth-order valence-corrected chi connectivity index (χ4v) is 3.61. The monoisotopic (exact) mass is 434 g/mol. The van der Waals surface area contributed by atoms with Gasteiger partial charge in [-0.2, -0.15) is 0 Å². The van der Waals surface area contributed by atoms with Crippen LogP contribution in [0.4, 0.5) is 5.69 Å². The van der Waals surface area contributed by atoms with Gasteiger partial charge in [-0.3, -0.25) is 4.79 Å². The van der Waals surface area contributed by atoms with E-state index < -0.39 is 0 Å². The molecule has 0 aliphatic carbocycles. The summed E-state index contributed by atoms with van der Waals surface area (Å²) in [5, 5.41) is 0.744. The molecule has 1 fully saturated rings. The molecule has 26 heavy (non-hydrogen) atoms. The fraction of sp³-hybridized carbons (Fsp3) is 0.250. The molecule has 136 valence electrons. The molecule has 0 spiro atoms. The Morgan fingerprint density at radius 1 is 1.15 bits per heavy atom. The minimum Gasteiger partial charge on any atom is -0.496 e. The van der Waals surface area contributed by atoms with E-state index in [9.17, 15) is 4.79 Å². The van der Waals surface area contributed by atoms with Gasteiger partial charge >= 0.3 is 0 Å². The van der Waals surface area contributed by atoms with E-state index in [0.29, 0.717) is 13.1 Å². The molecule has 3 rings (SSSR count). The normalized spacial score (nSPS) is 14.7. The summed E-state index contributed by atoms with van der Waals surface area (Å²) in [5.74, 6) is 0.742. The number of ether oxygens (including phenoxy) is 1. The van der Waals surface area contributed by atoms with Gasteiger partial charge in [0, 0.05) is 42.3 Å². The highest BCUT2D eigenvalue weighted by atomic mass is 79.9. The molecule has 1 amide bonds. The van der Waals surface area contributed by atoms with Crippen LogP contribution in [-0.2, 0) is 4.79 Å². The molecule has 0 atom stereocenters. The number of piperazine rings is 1. The Hall–Kier alpha value is -1.98. The minimum atomic E-state index is 0.00540. The summed E-state index contributed by atoms with van der Waals surface area (Å²) in [4.78, 5) is 16.6. The first-order chi connectivity index (χ1) is 12.6. The summed E-state index contributed by atoms with van der Waals surface area (Å²) in [6.45, 7) is 2.88. The van der Waals surface area contributed by atoms with Crippen molar-refractivity contribution in [1.29, 1.82) is 0 Å². The number of carbonyl (C=O) groups is 1. The summed E-state index contributed by atoms with van der Waals surface area (Å²) < 4.78 is 6.28. The van der Waals surface area contributed by atoms with Gasteiger partial charge in [-0.1, -0.05) is 39.7 Å². The Morgan fingerprint density at radius 3 is 2.58 bits per heavy atom. The molecule has 1 heterocycles. The van der Waals surface area contributed by atoms with Gasteiger partial charge < -0.3 is 14.5 Å². The second-order valence-corrected chi connectivity index (χ2v) is 7.31. The Kier molecular flexibility index (Phi) is 6.22. The maximum atomic E-state index is 12.5. The number of hydrogen-bond donors (Lipinski definition) is 0. The SMILES string of the molecule is COc1ccc(Br)cc1/C=C/C(=O)N1CCN(c2ccccc2Cl)CC1. The van der Waals surface area contributed by atoms with Crippen LogP contribution in [0.25, 0.3) is 6.08 Å². The highest BCUT2D eigenvalue weighted by Crippen LogP contribution is 2.26. The zero-order valence-electron chi connectivity index (χ0n) is 14.5. The van der Waals surface area contributed by atoms with E-state index in [-0.39, 0.29) is 5.91 Å². The van der Waals surface area contributed by atoms with E-state index in [1.54, 1.807) is 19.3 Å². The van der Waals surface area contributed by atoms with Crippen LogP contribution in [0.5, 0.6) is 5.75 Å². The third kappa shape index (κ3) is 4.40. The molecule has 0 N–H and O–H groups in total. The number of nitrogens with zero attached hydrogens (tertiary/aromatic N) is 2. The average molecular weight is 436 g/mol. The second-order valence-electron chi connectivity index (χ2n) is 5.98. The van der Waals surface area contributed by atoms with Crippen molar-refractivity contribution in [3.05, 3.63) is 63.6 Å². The Labute approximate surface area is 167 Å². The highest BCUT2D eigenvalue weighted by Gasteiger charge is 2.21. The molecule has 0 saturated carbocycles. The van der Waals surface area contributed by atoms with Crippen molar-refractivity contribution >= 4 is 45.2 Å². The van der Waals surface area contributed by atoms with Crippen LogP contribution in [0.15, 0.2) is 53.0 Å². The van der Waals surface area contributed by atoms with Crippen LogP contribution in [0.1, 0.15) is 5.56 Å². The lowest BCUT2D eigenvalue weighted by atomic mass is 10.2. The van der Waals surface area contributed by atoms with Gasteiger partial charge in [0.15, 0.2) is 0 Å². The van der Waals surface area contributed by atoms with Crippen molar-refractivity contribution in [2.24, 2.45) is 0 Å². The molecule has 1 aliphatic heterocycles. The lowest BCUT2D eigenvalue weighted by Gasteiger charge is -2.36. The topological polar surface area (TPSA) is 32.8 Å². The smallest absolute Gasteiger partial charge is 0.246 e. The number of halogens is 2. The zero-order valence-corrected chi connectivity index (χ0v) is 16.8. The summed E-state index contributed by atoms with van der Waals surface area (Å²) in [6.07, 6.45) is 3.40. The van der Waals surface area contributed by atoms with Crippen molar-refractivity contribution < 1.29 is 9.53 Å². The molecule has 1 saturated heterocycles. The predicted octanol–water partition coefficient (Wildman–Crippen LogP) is 4.47. The van der Waals surface area contributed by atoms with Gasteiger partial charge in [-0.05, 0) is 36.4 Å². The van der Waals surface area contributed by atoms with E-state index in [1.807, 2.05) is 47.4 Å². The van der Waals surface area contributed by atoms with Crippen LogP contribution in [0.3, 0.4) is 0 Å². The van der Waals surface area contributed by atoms with Crippen molar-refractivity contribution in [2.75, 3.05) is 38.2 Å². The average Bonchev–Trinajstić information content (AvgIpc) is 2.67. The number of benzene rings is 2. The second kappa shape index (κ2) is 8.60. The van der Waals surface area contributed by atoms with Crippen LogP contribution < -0.4 is 9.64 Å². The lowest BCUT2D eigenvalue weighted by Crippen LogP contribution is -2.48. The van der Waals surface area contributed by atoms with Crippen molar-refractivity contribution in [3.8, 4) is 5.75 Å². The Balaban J connectivity index is 1.62. The van der Waals surface area contributed by atoms with E-state index in [4.69, 9.17) is 16.3 Å². The number of rotatable bonds is 4. The van der Waals surface area contributed by atoms with E-state index in [1.165, 1.54) is 0 Å². The standard InChI is InChI=1S/C20H20BrClN2O2/c1-26-19-8-7-16(21)14-15(19)6-9-20(25)24-12-10-23(11-13-24)18-5-3-2-4-17(18)22/h2-9,14H,10-13H2,1H3/b9-6+. The van der Waals surface area contributed by atoms with Crippen LogP contribution in [0.2, 0.25) is 5.02 Å². The van der Waals surface area contributed by atoms with Crippen molar-refractivity contribution in [1.82, 2.24) is 4.90 Å². The maximum absolute atomic E-state index is 12.5. The van der Waals surface area contributed by atoms with Crippen molar-refractivity contribution in [2.45, 2.75) is 0 Å². The largest absolute Gasteiger partial charge is 0.496 e. The summed E-state index contributed by atoms with van der Waals surface area (Å²) in [6, 6.07) is 13.5. The first-order valence-corrected chi connectivity index (χ1v) is 9.55. The number of anilines is 1. The van der Waals surface area contributed by atoms with Gasteiger partial charge in [-0.25, -0.2) is 0 Å². The van der Waals surface area contributed by atoms with Crippen LogP contribution in [0, 0.1) is 0 Å². The number of carbonyl (C=O) groups excluding carboxylic acids is 1. The predicted molar refractivity (Wildman–Crippen MR) is 110 cm³/mol. The number of methoxy groups -OCH3 is 1. The molecule has 0 unspecified atom stereocenters. The molecular formula is C20H20BrClN2O2. The van der Waals surface area contributed by atoms with Crippen LogP contribution >= 0.6 is 27.5 Å². The van der Waals surface area contributed by atoms with E-state index >= 15 is 0 Å². The molecule has 0 aromatic heterocycles. The summed E-state index contributed by atoms with van der Waals surface area (Å²) in [5.41, 5.74) is 1.89. The van der Waals surface area contributed by atoms with Gasteiger partial charge in [0.1, 0.15) is 5.75 Å².